The highest BCUT2D eigenvalue weighted by molar-refractivity contribution is 5.74. The number of hydrogen-bond donors (Lipinski definition) is 3. The van der Waals surface area contributed by atoms with Gasteiger partial charge in [-0.25, -0.2) is 4.79 Å². The van der Waals surface area contributed by atoms with Crippen LogP contribution in [-0.4, -0.2) is 30.2 Å². The Morgan fingerprint density at radius 1 is 1.11 bits per heavy atom. The van der Waals surface area contributed by atoms with Crippen LogP contribution in [-0.2, 0) is 4.79 Å². The lowest BCUT2D eigenvalue weighted by molar-refractivity contribution is -0.140. The fraction of sp³-hybridized carbons (Fsp3) is 0.857. The second-order valence-electron chi connectivity index (χ2n) is 6.14. The normalized spacial score (nSPS) is 21.7. The van der Waals surface area contributed by atoms with E-state index >= 15 is 0 Å². The van der Waals surface area contributed by atoms with Crippen LogP contribution in [0.15, 0.2) is 0 Å². The number of hydrogen-bond acceptors (Lipinski definition) is 2. The van der Waals surface area contributed by atoms with Crippen LogP contribution in [0.4, 0.5) is 4.79 Å². The van der Waals surface area contributed by atoms with E-state index in [2.05, 4.69) is 10.6 Å². The molecule has 0 bridgehead atoms. The van der Waals surface area contributed by atoms with Crippen LogP contribution < -0.4 is 10.6 Å². The van der Waals surface area contributed by atoms with E-state index in [1.54, 1.807) is 0 Å². The van der Waals surface area contributed by atoms with E-state index in [9.17, 15) is 9.59 Å². The number of nitrogens with one attached hydrogen (secondary N) is 2. The molecule has 0 aromatic rings. The average molecular weight is 268 g/mol. The van der Waals surface area contributed by atoms with Gasteiger partial charge in [0.1, 0.15) is 0 Å². The lowest BCUT2D eigenvalue weighted by atomic mass is 9.72. The molecule has 0 spiro atoms. The van der Waals surface area contributed by atoms with Crippen molar-refractivity contribution in [2.24, 2.45) is 11.3 Å². The Kier molecular flexibility index (Phi) is 4.66. The molecule has 2 fully saturated rings. The summed E-state index contributed by atoms with van der Waals surface area (Å²) in [4.78, 5) is 22.7. The van der Waals surface area contributed by atoms with Crippen molar-refractivity contribution in [2.45, 2.75) is 51.4 Å². The van der Waals surface area contributed by atoms with E-state index in [-0.39, 0.29) is 17.9 Å². The Hall–Kier alpha value is -1.26. The Bertz CT molecular complexity index is 334. The van der Waals surface area contributed by atoms with Gasteiger partial charge in [0.15, 0.2) is 0 Å². The van der Waals surface area contributed by atoms with Crippen molar-refractivity contribution in [1.29, 1.82) is 0 Å². The van der Waals surface area contributed by atoms with Crippen LogP contribution >= 0.6 is 0 Å². The van der Waals surface area contributed by atoms with Crippen molar-refractivity contribution in [2.75, 3.05) is 13.1 Å². The van der Waals surface area contributed by atoms with Crippen molar-refractivity contribution in [3.8, 4) is 0 Å². The van der Waals surface area contributed by atoms with E-state index in [1.807, 2.05) is 0 Å². The standard InChI is InChI=1S/C14H24N2O3/c17-12(18)8-14(6-2-1-3-7-14)10-16-13(19)15-9-11-4-5-11/h11H,1-10H2,(H,17,18)(H2,15,16,19). The van der Waals surface area contributed by atoms with Gasteiger partial charge >= 0.3 is 12.0 Å². The van der Waals surface area contributed by atoms with Gasteiger partial charge in [0.2, 0.25) is 0 Å². The number of carbonyl (C=O) groups is 2. The predicted molar refractivity (Wildman–Crippen MR) is 71.9 cm³/mol. The summed E-state index contributed by atoms with van der Waals surface area (Å²) >= 11 is 0. The van der Waals surface area contributed by atoms with Crippen LogP contribution in [0.25, 0.3) is 0 Å². The van der Waals surface area contributed by atoms with Gasteiger partial charge in [0.25, 0.3) is 0 Å². The smallest absolute Gasteiger partial charge is 0.314 e. The van der Waals surface area contributed by atoms with Crippen LogP contribution in [0.2, 0.25) is 0 Å². The van der Waals surface area contributed by atoms with Gasteiger partial charge in [-0.15, -0.1) is 0 Å². The first-order valence-corrected chi connectivity index (χ1v) is 7.33. The van der Waals surface area contributed by atoms with Crippen LogP contribution in [0.5, 0.6) is 0 Å². The largest absolute Gasteiger partial charge is 0.481 e. The first kappa shape index (κ1) is 14.2. The summed E-state index contributed by atoms with van der Waals surface area (Å²) in [7, 11) is 0. The van der Waals surface area contributed by atoms with E-state index < -0.39 is 5.97 Å². The SMILES string of the molecule is O=C(O)CC1(CNC(=O)NCC2CC2)CCCCC1. The van der Waals surface area contributed by atoms with E-state index in [4.69, 9.17) is 5.11 Å². The molecular formula is C14H24N2O3. The third kappa shape index (κ3) is 4.73. The molecular weight excluding hydrogens is 244 g/mol. The number of carbonyl (C=O) groups excluding carboxylic acids is 1. The number of aliphatic carboxylic acids is 1. The molecule has 0 saturated heterocycles. The molecule has 0 atom stereocenters. The van der Waals surface area contributed by atoms with Gasteiger partial charge < -0.3 is 15.7 Å². The molecule has 0 unspecified atom stereocenters. The monoisotopic (exact) mass is 268 g/mol. The lowest BCUT2D eigenvalue weighted by Gasteiger charge is -2.36. The van der Waals surface area contributed by atoms with Crippen LogP contribution in [0.1, 0.15) is 51.4 Å². The van der Waals surface area contributed by atoms with Crippen molar-refractivity contribution >= 4 is 12.0 Å². The first-order chi connectivity index (χ1) is 9.10. The van der Waals surface area contributed by atoms with E-state index in [0.29, 0.717) is 12.5 Å². The molecule has 0 aromatic carbocycles. The lowest BCUT2D eigenvalue weighted by Crippen LogP contribution is -2.44. The number of urea groups is 1. The predicted octanol–water partition coefficient (Wildman–Crippen LogP) is 2.12. The molecule has 2 saturated carbocycles. The minimum absolute atomic E-state index is 0.151. The fourth-order valence-corrected chi connectivity index (χ4v) is 2.93. The summed E-state index contributed by atoms with van der Waals surface area (Å²) in [5.74, 6) is -0.101. The Morgan fingerprint density at radius 2 is 1.79 bits per heavy atom. The Labute approximate surface area is 114 Å². The molecule has 3 N–H and O–H groups in total. The van der Waals surface area contributed by atoms with Gasteiger partial charge in [-0.3, -0.25) is 4.79 Å². The van der Waals surface area contributed by atoms with Crippen molar-refractivity contribution in [3.63, 3.8) is 0 Å². The minimum atomic E-state index is -0.762. The fourth-order valence-electron chi connectivity index (χ4n) is 2.93. The summed E-state index contributed by atoms with van der Waals surface area (Å²) in [6.45, 7) is 1.23. The minimum Gasteiger partial charge on any atom is -0.481 e. The quantitative estimate of drug-likeness (QED) is 0.690. The first-order valence-electron chi connectivity index (χ1n) is 7.33. The molecule has 108 valence electrons. The zero-order valence-electron chi connectivity index (χ0n) is 11.4. The summed E-state index contributed by atoms with van der Waals surface area (Å²) in [6, 6.07) is -0.151. The van der Waals surface area contributed by atoms with Crippen molar-refractivity contribution in [3.05, 3.63) is 0 Å². The molecule has 5 nitrogen and oxygen atoms in total. The highest BCUT2D eigenvalue weighted by atomic mass is 16.4. The van der Waals surface area contributed by atoms with Crippen LogP contribution in [0.3, 0.4) is 0 Å². The van der Waals surface area contributed by atoms with Gasteiger partial charge in [-0.1, -0.05) is 19.3 Å². The summed E-state index contributed by atoms with van der Waals surface area (Å²) in [5.41, 5.74) is -0.235. The van der Waals surface area contributed by atoms with Gasteiger partial charge in [0, 0.05) is 13.1 Å². The molecule has 0 aliphatic heterocycles. The molecule has 0 aromatic heterocycles. The van der Waals surface area contributed by atoms with Gasteiger partial charge in [0.05, 0.1) is 6.42 Å². The highest BCUT2D eigenvalue weighted by Crippen LogP contribution is 2.38. The van der Waals surface area contributed by atoms with Crippen molar-refractivity contribution in [1.82, 2.24) is 10.6 Å². The number of amides is 2. The maximum atomic E-state index is 11.7. The van der Waals surface area contributed by atoms with Crippen molar-refractivity contribution < 1.29 is 14.7 Å². The van der Waals surface area contributed by atoms with E-state index in [0.717, 1.165) is 32.2 Å². The zero-order valence-corrected chi connectivity index (χ0v) is 11.4. The zero-order chi connectivity index (χ0) is 13.7. The van der Waals surface area contributed by atoms with Gasteiger partial charge in [-0.05, 0) is 37.0 Å². The average Bonchev–Trinajstić information content (AvgIpc) is 3.18. The summed E-state index contributed by atoms with van der Waals surface area (Å²) in [6.07, 6.45) is 7.71. The molecule has 0 heterocycles. The molecule has 2 rings (SSSR count). The second kappa shape index (κ2) is 6.26. The van der Waals surface area contributed by atoms with Crippen LogP contribution in [0, 0.1) is 11.3 Å². The highest BCUT2D eigenvalue weighted by Gasteiger charge is 2.34. The molecule has 2 aliphatic rings. The summed E-state index contributed by atoms with van der Waals surface area (Å²) < 4.78 is 0. The third-order valence-electron chi connectivity index (χ3n) is 4.31. The second-order valence-corrected chi connectivity index (χ2v) is 6.14. The summed E-state index contributed by atoms with van der Waals surface area (Å²) in [5, 5.41) is 14.8. The molecule has 2 aliphatic carbocycles. The Morgan fingerprint density at radius 3 is 2.37 bits per heavy atom. The number of carboxylic acid groups (broad SMARTS) is 1. The maximum Gasteiger partial charge on any atom is 0.314 e. The number of rotatable bonds is 6. The Balaban J connectivity index is 1.77. The molecule has 2 amide bonds. The molecule has 0 radical (unpaired) electrons. The topological polar surface area (TPSA) is 78.4 Å². The van der Waals surface area contributed by atoms with E-state index in [1.165, 1.54) is 19.3 Å². The molecule has 19 heavy (non-hydrogen) atoms. The maximum absolute atomic E-state index is 11.7. The third-order valence-corrected chi connectivity index (χ3v) is 4.31. The number of carboxylic acids is 1. The molecule has 5 heteroatoms. The van der Waals surface area contributed by atoms with Gasteiger partial charge in [-0.2, -0.15) is 0 Å².